The van der Waals surface area contributed by atoms with E-state index in [0.29, 0.717) is 18.5 Å². The predicted molar refractivity (Wildman–Crippen MR) is 174 cm³/mol. The van der Waals surface area contributed by atoms with Gasteiger partial charge in [-0.15, -0.1) is 12.4 Å². The number of urea groups is 1. The molecule has 2 bridgehead atoms. The zero-order chi connectivity index (χ0) is 28.8. The van der Waals surface area contributed by atoms with Gasteiger partial charge in [-0.3, -0.25) is 4.79 Å². The lowest BCUT2D eigenvalue weighted by atomic mass is 9.89. The number of benzene rings is 1. The maximum atomic E-state index is 14.3. The Balaban J connectivity index is 0.00000405. The number of nitrogens with zero attached hydrogens (tertiary/aromatic N) is 3. The molecule has 1 aliphatic carbocycles. The van der Waals surface area contributed by atoms with Gasteiger partial charge < -0.3 is 25.3 Å². The first kappa shape index (κ1) is 33.4. The first-order valence-corrected chi connectivity index (χ1v) is 17.0. The monoisotopic (exact) mass is 621 g/mol. The predicted octanol–water partition coefficient (Wildman–Crippen LogP) is 6.02. The molecule has 3 unspecified atom stereocenters. The van der Waals surface area contributed by atoms with Crippen molar-refractivity contribution in [3.8, 4) is 0 Å². The molecule has 7 nitrogen and oxygen atoms in total. The van der Waals surface area contributed by atoms with Crippen molar-refractivity contribution in [2.75, 3.05) is 26.2 Å². The number of carbonyl (C=O) groups excluding carboxylic acids is 2. The molecule has 4 aliphatic rings. The highest BCUT2D eigenvalue weighted by Gasteiger charge is 2.48. The van der Waals surface area contributed by atoms with Gasteiger partial charge in [0.25, 0.3) is 0 Å². The first-order valence-electron chi connectivity index (χ1n) is 16.6. The summed E-state index contributed by atoms with van der Waals surface area (Å²) >= 11 is 6.17. The minimum Gasteiger partial charge on any atom is -0.335 e. The van der Waals surface area contributed by atoms with E-state index in [2.05, 4.69) is 34.3 Å². The van der Waals surface area contributed by atoms with Crippen LogP contribution in [0.1, 0.15) is 96.5 Å². The minimum absolute atomic E-state index is 0. The SMILES string of the molecule is CCN(CC)C(=O)N(C1CCCCC1)C1CC2CCC(C1)N2C(=O)[C@@H](Cc1ccc(Cl)cc1)NCC1CCCCN1.Cl. The van der Waals surface area contributed by atoms with E-state index in [1.54, 1.807) is 0 Å². The van der Waals surface area contributed by atoms with Gasteiger partial charge in [0.05, 0.1) is 6.04 Å². The normalized spacial score (nSPS) is 26.8. The van der Waals surface area contributed by atoms with E-state index in [4.69, 9.17) is 11.6 Å². The summed E-state index contributed by atoms with van der Waals surface area (Å²) in [5, 5.41) is 8.04. The highest BCUT2D eigenvalue weighted by Crippen LogP contribution is 2.40. The van der Waals surface area contributed by atoms with Crippen molar-refractivity contribution in [2.24, 2.45) is 0 Å². The second-order valence-electron chi connectivity index (χ2n) is 12.8. The Kier molecular flexibility index (Phi) is 12.7. The quantitative estimate of drug-likeness (QED) is 0.335. The molecule has 3 aliphatic heterocycles. The summed E-state index contributed by atoms with van der Waals surface area (Å²) in [5.74, 6) is 0.237. The van der Waals surface area contributed by atoms with Gasteiger partial charge in [0.1, 0.15) is 0 Å². The number of piperidine rings is 2. The Labute approximate surface area is 264 Å². The van der Waals surface area contributed by atoms with Crippen LogP contribution in [0.4, 0.5) is 4.79 Å². The van der Waals surface area contributed by atoms with Crippen LogP contribution in [0.15, 0.2) is 24.3 Å². The van der Waals surface area contributed by atoms with Gasteiger partial charge in [0.15, 0.2) is 0 Å². The molecule has 2 N–H and O–H groups in total. The number of hydrogen-bond donors (Lipinski definition) is 2. The lowest BCUT2D eigenvalue weighted by Gasteiger charge is -2.48. The Morgan fingerprint density at radius 2 is 1.57 bits per heavy atom. The van der Waals surface area contributed by atoms with Gasteiger partial charge in [-0.05, 0) is 95.9 Å². The molecule has 0 radical (unpaired) electrons. The molecule has 0 aromatic heterocycles. The Morgan fingerprint density at radius 3 is 2.17 bits per heavy atom. The molecule has 1 aromatic carbocycles. The summed E-state index contributed by atoms with van der Waals surface area (Å²) in [6.07, 6.45) is 14.1. The summed E-state index contributed by atoms with van der Waals surface area (Å²) in [6.45, 7) is 7.53. The maximum Gasteiger partial charge on any atom is 0.320 e. The van der Waals surface area contributed by atoms with Crippen molar-refractivity contribution >= 4 is 35.9 Å². The van der Waals surface area contributed by atoms with Crippen LogP contribution in [0.3, 0.4) is 0 Å². The Bertz CT molecular complexity index is 981. The third-order valence-electron chi connectivity index (χ3n) is 10.3. The highest BCUT2D eigenvalue weighted by atomic mass is 35.5. The lowest BCUT2D eigenvalue weighted by Crippen LogP contribution is -2.61. The van der Waals surface area contributed by atoms with Crippen LogP contribution in [0.5, 0.6) is 0 Å². The van der Waals surface area contributed by atoms with Crippen molar-refractivity contribution in [1.29, 1.82) is 0 Å². The zero-order valence-electron chi connectivity index (χ0n) is 25.7. The molecule has 5 rings (SSSR count). The van der Waals surface area contributed by atoms with Crippen LogP contribution in [0.25, 0.3) is 0 Å². The number of carbonyl (C=O) groups is 2. The number of amides is 3. The maximum absolute atomic E-state index is 14.3. The number of hydrogen-bond acceptors (Lipinski definition) is 4. The molecule has 236 valence electrons. The number of halogens is 2. The van der Waals surface area contributed by atoms with Crippen LogP contribution >= 0.6 is 24.0 Å². The summed E-state index contributed by atoms with van der Waals surface area (Å²) in [5.41, 5.74) is 1.13. The Hall–Kier alpha value is -1.54. The van der Waals surface area contributed by atoms with Gasteiger partial charge in [-0.25, -0.2) is 4.79 Å². The van der Waals surface area contributed by atoms with Crippen molar-refractivity contribution < 1.29 is 9.59 Å². The van der Waals surface area contributed by atoms with Gasteiger partial charge in [0.2, 0.25) is 5.91 Å². The van der Waals surface area contributed by atoms with Crippen LogP contribution in [0.2, 0.25) is 5.02 Å². The van der Waals surface area contributed by atoms with Gasteiger partial charge >= 0.3 is 6.03 Å². The average Bonchev–Trinajstić information content (AvgIpc) is 3.27. The molecular weight excluding hydrogens is 569 g/mol. The molecule has 4 fully saturated rings. The number of rotatable bonds is 10. The molecule has 1 aromatic rings. The molecule has 3 amide bonds. The lowest BCUT2D eigenvalue weighted by molar-refractivity contribution is -0.139. The second kappa shape index (κ2) is 16.0. The van der Waals surface area contributed by atoms with Crippen LogP contribution in [-0.4, -0.2) is 89.1 Å². The molecule has 3 saturated heterocycles. The summed E-state index contributed by atoms with van der Waals surface area (Å²) in [4.78, 5) is 34.7. The van der Waals surface area contributed by atoms with Crippen molar-refractivity contribution in [2.45, 2.75) is 134 Å². The molecule has 42 heavy (non-hydrogen) atoms. The second-order valence-corrected chi connectivity index (χ2v) is 13.3. The van der Waals surface area contributed by atoms with Crippen LogP contribution in [-0.2, 0) is 11.2 Å². The van der Waals surface area contributed by atoms with E-state index >= 15 is 0 Å². The van der Waals surface area contributed by atoms with E-state index in [0.717, 1.165) is 81.7 Å². The zero-order valence-corrected chi connectivity index (χ0v) is 27.3. The molecule has 0 spiro atoms. The minimum atomic E-state index is -0.258. The smallest absolute Gasteiger partial charge is 0.320 e. The Morgan fingerprint density at radius 1 is 0.929 bits per heavy atom. The molecular formula is C33H53Cl2N5O2. The van der Waals surface area contributed by atoms with Crippen molar-refractivity contribution in [3.63, 3.8) is 0 Å². The third kappa shape index (κ3) is 7.94. The third-order valence-corrected chi connectivity index (χ3v) is 10.5. The molecule has 1 saturated carbocycles. The number of fused-ring (bicyclic) bond motifs is 2. The van der Waals surface area contributed by atoms with Gasteiger partial charge in [-0.2, -0.15) is 0 Å². The number of nitrogens with one attached hydrogen (secondary N) is 2. The fourth-order valence-corrected chi connectivity index (χ4v) is 8.15. The van der Waals surface area contributed by atoms with E-state index < -0.39 is 0 Å². The molecule has 4 atom stereocenters. The van der Waals surface area contributed by atoms with Gasteiger partial charge in [-0.1, -0.05) is 49.4 Å². The average molecular weight is 623 g/mol. The highest BCUT2D eigenvalue weighted by molar-refractivity contribution is 6.30. The summed E-state index contributed by atoms with van der Waals surface area (Å²) < 4.78 is 0. The van der Waals surface area contributed by atoms with E-state index in [1.807, 2.05) is 29.2 Å². The van der Waals surface area contributed by atoms with Crippen molar-refractivity contribution in [1.82, 2.24) is 25.3 Å². The fraction of sp³-hybridized carbons (Fsp3) is 0.758. The van der Waals surface area contributed by atoms with E-state index in [-0.39, 0.29) is 48.5 Å². The summed E-state index contributed by atoms with van der Waals surface area (Å²) in [6, 6.07) is 9.30. The van der Waals surface area contributed by atoms with Gasteiger partial charge in [0, 0.05) is 54.9 Å². The van der Waals surface area contributed by atoms with E-state index in [9.17, 15) is 9.59 Å². The van der Waals surface area contributed by atoms with Crippen molar-refractivity contribution in [3.05, 3.63) is 34.9 Å². The van der Waals surface area contributed by atoms with Crippen LogP contribution in [0, 0.1) is 0 Å². The van der Waals surface area contributed by atoms with Crippen LogP contribution < -0.4 is 10.6 Å². The fourth-order valence-electron chi connectivity index (χ4n) is 8.03. The standard InChI is InChI=1S/C33H52ClN5O2.ClH/c1-3-37(4-2)33(41)39(27-11-6-5-7-12-27)30-21-28-17-18-29(22-30)38(28)32(40)31(20-24-13-15-25(34)16-14-24)36-23-26-10-8-9-19-35-26;/h13-16,26-31,35-36H,3-12,17-23H2,1-2H3;1H/t26?,28?,29?,30?,31-;/m1./s1. The van der Waals surface area contributed by atoms with E-state index in [1.165, 1.54) is 32.1 Å². The summed E-state index contributed by atoms with van der Waals surface area (Å²) in [7, 11) is 0. The largest absolute Gasteiger partial charge is 0.335 e. The topological polar surface area (TPSA) is 67.9 Å². The molecule has 9 heteroatoms. The first-order chi connectivity index (χ1) is 20.0. The molecule has 3 heterocycles.